The van der Waals surface area contributed by atoms with Gasteiger partial charge in [-0.05, 0) is 43.7 Å². The second-order valence-electron chi connectivity index (χ2n) is 5.35. The number of hydrogen-bond donors (Lipinski definition) is 1. The minimum atomic E-state index is -0.846. The van der Waals surface area contributed by atoms with Crippen LogP contribution in [0.25, 0.3) is 0 Å². The third-order valence-corrected chi connectivity index (χ3v) is 4.05. The molecule has 1 aliphatic carbocycles. The van der Waals surface area contributed by atoms with E-state index < -0.39 is 5.97 Å². The molecule has 1 aromatic rings. The molecule has 0 amide bonds. The van der Waals surface area contributed by atoms with E-state index in [1.807, 2.05) is 19.2 Å². The van der Waals surface area contributed by atoms with Crippen LogP contribution in [0, 0.1) is 5.92 Å². The molecule has 0 atom stereocenters. The molecule has 98 valence electrons. The summed E-state index contributed by atoms with van der Waals surface area (Å²) in [6.45, 7) is 2.29. The maximum absolute atomic E-state index is 11.2. The summed E-state index contributed by atoms with van der Waals surface area (Å²) in [5, 5.41) is 9.23. The van der Waals surface area contributed by atoms with E-state index in [2.05, 4.69) is 11.8 Å². The van der Waals surface area contributed by atoms with Crippen LogP contribution in [0.15, 0.2) is 24.3 Å². The molecule has 0 saturated heterocycles. The van der Waals surface area contributed by atoms with Crippen molar-refractivity contribution in [3.8, 4) is 0 Å². The van der Waals surface area contributed by atoms with Crippen molar-refractivity contribution in [1.29, 1.82) is 0 Å². The Morgan fingerprint density at radius 1 is 1.22 bits per heavy atom. The van der Waals surface area contributed by atoms with Crippen LogP contribution in [0.1, 0.15) is 43.0 Å². The SMILES string of the molecule is CC1CCC(N(C)c2ccccc2C(=O)O)CC1. The summed E-state index contributed by atoms with van der Waals surface area (Å²) in [4.78, 5) is 13.4. The fourth-order valence-electron chi connectivity index (χ4n) is 2.79. The molecule has 2 rings (SSSR count). The number of rotatable bonds is 3. The first-order valence-corrected chi connectivity index (χ1v) is 6.64. The molecule has 0 aliphatic heterocycles. The van der Waals surface area contributed by atoms with Gasteiger partial charge in [0.15, 0.2) is 0 Å². The smallest absolute Gasteiger partial charge is 0.337 e. The average Bonchev–Trinajstić information content (AvgIpc) is 2.39. The van der Waals surface area contributed by atoms with Gasteiger partial charge in [-0.1, -0.05) is 19.1 Å². The van der Waals surface area contributed by atoms with Gasteiger partial charge >= 0.3 is 5.97 Å². The summed E-state index contributed by atoms with van der Waals surface area (Å²) < 4.78 is 0. The van der Waals surface area contributed by atoms with Crippen molar-refractivity contribution < 1.29 is 9.90 Å². The highest BCUT2D eigenvalue weighted by molar-refractivity contribution is 5.94. The van der Waals surface area contributed by atoms with Gasteiger partial charge in [0.1, 0.15) is 0 Å². The number of carboxylic acid groups (broad SMARTS) is 1. The molecule has 1 N–H and O–H groups in total. The second-order valence-corrected chi connectivity index (χ2v) is 5.35. The van der Waals surface area contributed by atoms with Gasteiger partial charge in [-0.3, -0.25) is 0 Å². The summed E-state index contributed by atoms with van der Waals surface area (Å²) in [5.74, 6) is -0.0361. The Balaban J connectivity index is 2.18. The van der Waals surface area contributed by atoms with Crippen LogP contribution >= 0.6 is 0 Å². The van der Waals surface area contributed by atoms with E-state index in [9.17, 15) is 9.90 Å². The highest BCUT2D eigenvalue weighted by atomic mass is 16.4. The molecule has 0 heterocycles. The predicted molar refractivity (Wildman–Crippen MR) is 73.2 cm³/mol. The van der Waals surface area contributed by atoms with Gasteiger partial charge in [0.2, 0.25) is 0 Å². The number of para-hydroxylation sites is 1. The van der Waals surface area contributed by atoms with Crippen LogP contribution in [0.4, 0.5) is 5.69 Å². The molecule has 0 radical (unpaired) electrons. The lowest BCUT2D eigenvalue weighted by molar-refractivity contribution is 0.0697. The van der Waals surface area contributed by atoms with Crippen LogP contribution in [0.5, 0.6) is 0 Å². The number of carbonyl (C=O) groups is 1. The molecule has 0 aromatic heterocycles. The maximum atomic E-state index is 11.2. The molecule has 18 heavy (non-hydrogen) atoms. The topological polar surface area (TPSA) is 40.5 Å². The van der Waals surface area contributed by atoms with Crippen molar-refractivity contribution in [2.24, 2.45) is 5.92 Å². The second kappa shape index (κ2) is 5.42. The van der Waals surface area contributed by atoms with E-state index >= 15 is 0 Å². The lowest BCUT2D eigenvalue weighted by atomic mass is 9.86. The van der Waals surface area contributed by atoms with E-state index in [-0.39, 0.29) is 0 Å². The molecule has 0 bridgehead atoms. The number of benzene rings is 1. The van der Waals surface area contributed by atoms with Crippen molar-refractivity contribution in [2.45, 2.75) is 38.6 Å². The molecule has 1 aromatic carbocycles. The number of nitrogens with zero attached hydrogens (tertiary/aromatic N) is 1. The standard InChI is InChI=1S/C15H21NO2/c1-11-7-9-12(10-8-11)16(2)14-6-4-3-5-13(14)15(17)18/h3-6,11-12H,7-10H2,1-2H3,(H,17,18). The fraction of sp³-hybridized carbons (Fsp3) is 0.533. The minimum Gasteiger partial charge on any atom is -0.478 e. The Kier molecular flexibility index (Phi) is 3.90. The molecule has 1 fully saturated rings. The third kappa shape index (κ3) is 2.66. The van der Waals surface area contributed by atoms with Crippen LogP contribution in [-0.2, 0) is 0 Å². The predicted octanol–water partition coefficient (Wildman–Crippen LogP) is 3.40. The molecule has 1 saturated carbocycles. The first-order chi connectivity index (χ1) is 8.59. The Morgan fingerprint density at radius 2 is 1.83 bits per heavy atom. The largest absolute Gasteiger partial charge is 0.478 e. The Hall–Kier alpha value is -1.51. The normalized spacial score (nSPS) is 23.7. The van der Waals surface area contributed by atoms with Crippen LogP contribution in [0.2, 0.25) is 0 Å². The van der Waals surface area contributed by atoms with Crippen LogP contribution < -0.4 is 4.90 Å². The molecular weight excluding hydrogens is 226 g/mol. The van der Waals surface area contributed by atoms with Crippen molar-refractivity contribution >= 4 is 11.7 Å². The first kappa shape index (κ1) is 12.9. The minimum absolute atomic E-state index is 0.402. The van der Waals surface area contributed by atoms with Gasteiger partial charge in [-0.25, -0.2) is 4.79 Å². The molecule has 0 spiro atoms. The Morgan fingerprint density at radius 3 is 2.44 bits per heavy atom. The summed E-state index contributed by atoms with van der Waals surface area (Å²) in [6.07, 6.45) is 4.80. The fourth-order valence-corrected chi connectivity index (χ4v) is 2.79. The summed E-state index contributed by atoms with van der Waals surface area (Å²) in [5.41, 5.74) is 1.24. The Labute approximate surface area is 108 Å². The number of anilines is 1. The highest BCUT2D eigenvalue weighted by Gasteiger charge is 2.24. The third-order valence-electron chi connectivity index (χ3n) is 4.05. The van der Waals surface area contributed by atoms with Gasteiger partial charge in [0, 0.05) is 13.1 Å². The zero-order valence-corrected chi connectivity index (χ0v) is 11.1. The summed E-state index contributed by atoms with van der Waals surface area (Å²) in [7, 11) is 2.02. The van der Waals surface area contributed by atoms with Crippen molar-refractivity contribution in [3.63, 3.8) is 0 Å². The monoisotopic (exact) mass is 247 g/mol. The zero-order valence-electron chi connectivity index (χ0n) is 11.1. The number of carboxylic acids is 1. The van der Waals surface area contributed by atoms with Gasteiger partial charge in [-0.2, -0.15) is 0 Å². The van der Waals surface area contributed by atoms with Crippen molar-refractivity contribution in [1.82, 2.24) is 0 Å². The van der Waals surface area contributed by atoms with Gasteiger partial charge in [0.05, 0.1) is 11.3 Å². The van der Waals surface area contributed by atoms with Gasteiger partial charge in [0.25, 0.3) is 0 Å². The van der Waals surface area contributed by atoms with Crippen molar-refractivity contribution in [3.05, 3.63) is 29.8 Å². The maximum Gasteiger partial charge on any atom is 0.337 e. The highest BCUT2D eigenvalue weighted by Crippen LogP contribution is 2.30. The van der Waals surface area contributed by atoms with Gasteiger partial charge < -0.3 is 10.0 Å². The lowest BCUT2D eigenvalue weighted by Crippen LogP contribution is -2.35. The molecule has 3 nitrogen and oxygen atoms in total. The lowest BCUT2D eigenvalue weighted by Gasteiger charge is -2.35. The number of hydrogen-bond acceptors (Lipinski definition) is 2. The molecule has 1 aliphatic rings. The number of aromatic carboxylic acids is 1. The Bertz CT molecular complexity index is 422. The van der Waals surface area contributed by atoms with E-state index in [1.165, 1.54) is 12.8 Å². The summed E-state index contributed by atoms with van der Waals surface area (Å²) >= 11 is 0. The summed E-state index contributed by atoms with van der Waals surface area (Å²) in [6, 6.07) is 7.75. The van der Waals surface area contributed by atoms with E-state index in [0.717, 1.165) is 24.4 Å². The molecule has 3 heteroatoms. The first-order valence-electron chi connectivity index (χ1n) is 6.64. The van der Waals surface area contributed by atoms with E-state index in [1.54, 1.807) is 12.1 Å². The molecule has 0 unspecified atom stereocenters. The van der Waals surface area contributed by atoms with E-state index in [0.29, 0.717) is 11.6 Å². The average molecular weight is 247 g/mol. The van der Waals surface area contributed by atoms with Crippen LogP contribution in [0.3, 0.4) is 0 Å². The quantitative estimate of drug-likeness (QED) is 0.890. The van der Waals surface area contributed by atoms with Gasteiger partial charge in [-0.15, -0.1) is 0 Å². The molecular formula is C15H21NO2. The zero-order chi connectivity index (χ0) is 13.1. The van der Waals surface area contributed by atoms with E-state index in [4.69, 9.17) is 0 Å². The van der Waals surface area contributed by atoms with Crippen LogP contribution in [-0.4, -0.2) is 24.2 Å². The van der Waals surface area contributed by atoms with Crippen molar-refractivity contribution in [2.75, 3.05) is 11.9 Å².